The summed E-state index contributed by atoms with van der Waals surface area (Å²) >= 11 is 1.45. The lowest BCUT2D eigenvalue weighted by Gasteiger charge is -2.46. The van der Waals surface area contributed by atoms with Crippen molar-refractivity contribution in [1.29, 1.82) is 5.41 Å². The molecule has 4 aliphatic heterocycles. The van der Waals surface area contributed by atoms with Crippen molar-refractivity contribution in [2.75, 3.05) is 32.7 Å². The average molecular weight is 502 g/mol. The van der Waals surface area contributed by atoms with Crippen molar-refractivity contribution in [1.82, 2.24) is 20.0 Å². The molecule has 0 radical (unpaired) electrons. The fraction of sp³-hybridized carbons (Fsp3) is 0.714. The summed E-state index contributed by atoms with van der Waals surface area (Å²) in [6.45, 7) is 8.32. The van der Waals surface area contributed by atoms with Gasteiger partial charge in [0.1, 0.15) is 5.70 Å². The first-order valence-electron chi connectivity index (χ1n) is 11.1. The molecule has 12 heteroatoms. The molecule has 0 aromatic carbocycles. The molecule has 4 rings (SSSR count). The molecule has 33 heavy (non-hydrogen) atoms. The maximum atomic E-state index is 13.0. The van der Waals surface area contributed by atoms with Gasteiger partial charge in [0, 0.05) is 48.8 Å². The van der Waals surface area contributed by atoms with Crippen molar-refractivity contribution in [3.63, 3.8) is 0 Å². The number of hydrogen-bond donors (Lipinski definition) is 4. The minimum absolute atomic E-state index is 0. The minimum Gasteiger partial charge on any atom is -0.477 e. The van der Waals surface area contributed by atoms with Gasteiger partial charge in [-0.1, -0.05) is 6.92 Å². The Morgan fingerprint density at radius 2 is 1.82 bits per heavy atom. The second-order valence-corrected chi connectivity index (χ2v) is 10.4. The fourth-order valence-corrected chi connectivity index (χ4v) is 6.80. The monoisotopic (exact) mass is 501 g/mol. The van der Waals surface area contributed by atoms with Crippen molar-refractivity contribution in [2.24, 2.45) is 11.8 Å². The summed E-state index contributed by atoms with van der Waals surface area (Å²) in [4.78, 5) is 43.2. The van der Waals surface area contributed by atoms with Gasteiger partial charge >= 0.3 is 5.97 Å². The number of carbonyl (C=O) groups excluding carboxylic acids is 2. The Morgan fingerprint density at radius 3 is 2.36 bits per heavy atom. The molecule has 0 aromatic heterocycles. The van der Waals surface area contributed by atoms with E-state index in [1.165, 1.54) is 16.7 Å². The first-order valence-corrected chi connectivity index (χ1v) is 12.0. The van der Waals surface area contributed by atoms with Crippen molar-refractivity contribution < 1.29 is 24.6 Å². The molecule has 3 saturated heterocycles. The Labute approximate surface area is 203 Å². The topological polar surface area (TPSA) is 137 Å². The summed E-state index contributed by atoms with van der Waals surface area (Å²) in [6, 6.07) is -0.633. The lowest BCUT2D eigenvalue weighted by atomic mass is 9.79. The lowest BCUT2D eigenvalue weighted by molar-refractivity contribution is -0.163. The Balaban J connectivity index is 0.00000306. The first kappa shape index (κ1) is 25.8. The van der Waals surface area contributed by atoms with E-state index in [2.05, 4.69) is 5.32 Å². The maximum absolute atomic E-state index is 13.0. The van der Waals surface area contributed by atoms with E-state index in [1.807, 2.05) is 16.7 Å². The number of thioether (sulfide) groups is 1. The Kier molecular flexibility index (Phi) is 7.67. The molecule has 0 aromatic rings. The summed E-state index contributed by atoms with van der Waals surface area (Å²) < 4.78 is 0. The third-order valence-corrected chi connectivity index (χ3v) is 8.57. The summed E-state index contributed by atoms with van der Waals surface area (Å²) in [5, 5.41) is 30.8. The van der Waals surface area contributed by atoms with Crippen LogP contribution in [0.15, 0.2) is 10.6 Å². The van der Waals surface area contributed by atoms with E-state index in [0.29, 0.717) is 49.9 Å². The molecule has 184 valence electrons. The maximum Gasteiger partial charge on any atom is 0.353 e. The lowest BCUT2D eigenvalue weighted by Crippen LogP contribution is -2.63. The number of hydrogen-bond acceptors (Lipinski definition) is 7. The quantitative estimate of drug-likeness (QED) is 0.237. The van der Waals surface area contributed by atoms with Crippen LogP contribution in [-0.4, -0.2) is 105 Å². The number of nitrogens with zero attached hydrogens (tertiary/aromatic N) is 3. The van der Waals surface area contributed by atoms with Gasteiger partial charge in [0.2, 0.25) is 11.8 Å². The summed E-state index contributed by atoms with van der Waals surface area (Å²) in [7, 11) is 0. The molecule has 0 spiro atoms. The molecule has 0 aliphatic carbocycles. The number of piperazine rings is 1. The van der Waals surface area contributed by atoms with E-state index in [9.17, 15) is 24.6 Å². The summed E-state index contributed by atoms with van der Waals surface area (Å²) in [5.41, 5.74) is 0.0299. The van der Waals surface area contributed by atoms with Crippen LogP contribution in [0.3, 0.4) is 0 Å². The molecule has 10 nitrogen and oxygen atoms in total. The molecule has 3 fully saturated rings. The second-order valence-electron chi connectivity index (χ2n) is 9.11. The van der Waals surface area contributed by atoms with Crippen molar-refractivity contribution in [3.8, 4) is 0 Å². The van der Waals surface area contributed by atoms with Gasteiger partial charge in [-0.15, -0.1) is 24.2 Å². The predicted octanol–water partition coefficient (Wildman–Crippen LogP) is 0.167. The van der Waals surface area contributed by atoms with Crippen LogP contribution >= 0.6 is 24.2 Å². The largest absolute Gasteiger partial charge is 0.477 e. The van der Waals surface area contributed by atoms with Crippen LogP contribution in [0.4, 0.5) is 0 Å². The number of aliphatic hydroxyl groups is 1. The highest BCUT2D eigenvalue weighted by molar-refractivity contribution is 8.03. The molecule has 0 unspecified atom stereocenters. The fourth-order valence-electron chi connectivity index (χ4n) is 5.32. The molecule has 6 atom stereocenters. The number of amides is 2. The van der Waals surface area contributed by atoms with Gasteiger partial charge in [-0.25, -0.2) is 4.79 Å². The Morgan fingerprint density at radius 1 is 1.21 bits per heavy atom. The molecule has 2 amide bonds. The van der Waals surface area contributed by atoms with E-state index < -0.39 is 18.0 Å². The molecule has 4 N–H and O–H groups in total. The standard InChI is InChI=1S/C21H31N5O5S.ClH/c1-10-16-15(11(2)27)20(29)26(16)17(21(30)31)18(10)32-13-8-14(23-9-13)19(28)25-6-4-24(5-7-25)12(3)22;/h10-11,13-16,22-23,27H,4-9H2,1-3H3,(H,30,31);1H/t10-,11-,13+,14+,15-,16-;/m1./s1. The number of nitrogens with one attached hydrogen (secondary N) is 2. The number of β-lactam (4-membered cyclic amide) rings is 1. The first-order chi connectivity index (χ1) is 15.1. The third-order valence-electron chi connectivity index (χ3n) is 7.06. The number of amidine groups is 1. The van der Waals surface area contributed by atoms with Gasteiger partial charge in [-0.05, 0) is 20.3 Å². The summed E-state index contributed by atoms with van der Waals surface area (Å²) in [6.07, 6.45) is -0.229. The number of carboxylic acids is 1. The number of carbonyl (C=O) groups is 3. The summed E-state index contributed by atoms with van der Waals surface area (Å²) in [5.74, 6) is -1.64. The molecule has 4 heterocycles. The number of carboxylic acid groups (broad SMARTS) is 1. The van der Waals surface area contributed by atoms with E-state index in [4.69, 9.17) is 5.41 Å². The van der Waals surface area contributed by atoms with Crippen LogP contribution in [0.2, 0.25) is 0 Å². The van der Waals surface area contributed by atoms with Gasteiger partial charge in [-0.2, -0.15) is 0 Å². The molecule has 0 bridgehead atoms. The van der Waals surface area contributed by atoms with Crippen LogP contribution in [0.1, 0.15) is 27.2 Å². The van der Waals surface area contributed by atoms with E-state index in [-0.39, 0.29) is 53.2 Å². The zero-order valence-corrected chi connectivity index (χ0v) is 20.6. The van der Waals surface area contributed by atoms with E-state index in [1.54, 1.807) is 13.8 Å². The van der Waals surface area contributed by atoms with Crippen molar-refractivity contribution in [2.45, 2.75) is 50.6 Å². The molecule has 4 aliphatic rings. The van der Waals surface area contributed by atoms with Crippen LogP contribution in [0.25, 0.3) is 0 Å². The third kappa shape index (κ3) is 4.48. The number of fused-ring (bicyclic) bond motifs is 1. The molecular weight excluding hydrogens is 470 g/mol. The Hall–Kier alpha value is -1.82. The second kappa shape index (κ2) is 9.81. The normalized spacial score (nSPS) is 32.3. The Bertz CT molecular complexity index is 875. The van der Waals surface area contributed by atoms with Gasteiger partial charge in [0.05, 0.1) is 29.9 Å². The van der Waals surface area contributed by atoms with Crippen LogP contribution < -0.4 is 5.32 Å². The van der Waals surface area contributed by atoms with Crippen molar-refractivity contribution >= 4 is 47.8 Å². The minimum atomic E-state index is -1.13. The number of aliphatic carboxylic acids is 1. The van der Waals surface area contributed by atoms with E-state index >= 15 is 0 Å². The number of aliphatic hydroxyl groups excluding tert-OH is 1. The number of rotatable bonds is 5. The van der Waals surface area contributed by atoms with Crippen LogP contribution in [-0.2, 0) is 14.4 Å². The van der Waals surface area contributed by atoms with Gasteiger partial charge < -0.3 is 30.2 Å². The highest BCUT2D eigenvalue weighted by atomic mass is 35.5. The van der Waals surface area contributed by atoms with Crippen LogP contribution in [0.5, 0.6) is 0 Å². The van der Waals surface area contributed by atoms with Crippen molar-refractivity contribution in [3.05, 3.63) is 10.6 Å². The molecule has 0 saturated carbocycles. The zero-order valence-electron chi connectivity index (χ0n) is 19.0. The predicted molar refractivity (Wildman–Crippen MR) is 126 cm³/mol. The highest BCUT2D eigenvalue weighted by Crippen LogP contribution is 2.51. The highest BCUT2D eigenvalue weighted by Gasteiger charge is 2.60. The van der Waals surface area contributed by atoms with Gasteiger partial charge in [0.25, 0.3) is 0 Å². The molecular formula is C21H32ClN5O5S. The SMILES string of the molecule is CC(=N)N1CCN(C(=O)[C@@H]2C[C@H](SC3=C(C(=O)O)N4C(=O)[C@H]([C@@H](C)O)[C@H]4[C@H]3C)CN2)CC1.Cl. The van der Waals surface area contributed by atoms with Crippen LogP contribution in [0, 0.1) is 17.2 Å². The number of halogens is 1. The van der Waals surface area contributed by atoms with Gasteiger partial charge in [-0.3, -0.25) is 15.0 Å². The average Bonchev–Trinajstić information content (AvgIpc) is 3.29. The smallest absolute Gasteiger partial charge is 0.353 e. The van der Waals surface area contributed by atoms with E-state index in [0.717, 1.165) is 0 Å². The van der Waals surface area contributed by atoms with Gasteiger partial charge in [0.15, 0.2) is 0 Å². The zero-order chi connectivity index (χ0) is 23.3.